The van der Waals surface area contributed by atoms with Crippen molar-refractivity contribution in [3.05, 3.63) is 109 Å². The molecule has 144 valence electrons. The summed E-state index contributed by atoms with van der Waals surface area (Å²) in [5, 5.41) is 23.0. The van der Waals surface area contributed by atoms with Gasteiger partial charge in [0.1, 0.15) is 17.2 Å². The molecule has 0 aromatic heterocycles. The van der Waals surface area contributed by atoms with Gasteiger partial charge in [0, 0.05) is 6.07 Å². The molecule has 0 heterocycles. The van der Waals surface area contributed by atoms with Gasteiger partial charge in [0.25, 0.3) is 0 Å². The average Bonchev–Trinajstić information content (AvgIpc) is 2.78. The maximum absolute atomic E-state index is 10.2. The number of aromatic hydroxyl groups is 2. The number of phenols is 2. The second-order valence-electron chi connectivity index (χ2n) is 6.68. The van der Waals surface area contributed by atoms with Crippen LogP contribution < -0.4 is 21.0 Å². The van der Waals surface area contributed by atoms with E-state index in [2.05, 4.69) is 41.9 Å². The van der Waals surface area contributed by atoms with Crippen molar-refractivity contribution in [2.75, 3.05) is 5.48 Å². The van der Waals surface area contributed by atoms with Crippen molar-refractivity contribution in [2.45, 2.75) is 0 Å². The van der Waals surface area contributed by atoms with E-state index in [9.17, 15) is 10.2 Å². The standard InChI is InChI=1S/C24H21NO3Si/c26-19-16-17-23(24(27)18-19)25-28-29(20-10-4-1-5-11-20,21-12-6-2-7-13-21)22-14-8-3-9-15-22/h1-18,25-27H. The van der Waals surface area contributed by atoms with Crippen LogP contribution in [0.2, 0.25) is 0 Å². The molecule has 4 aromatic rings. The molecule has 0 saturated heterocycles. The molecule has 0 aliphatic heterocycles. The molecule has 4 aromatic carbocycles. The van der Waals surface area contributed by atoms with E-state index in [1.54, 1.807) is 6.07 Å². The maximum atomic E-state index is 10.2. The van der Waals surface area contributed by atoms with Gasteiger partial charge < -0.3 is 14.7 Å². The van der Waals surface area contributed by atoms with Crippen LogP contribution in [-0.2, 0) is 4.53 Å². The van der Waals surface area contributed by atoms with E-state index in [4.69, 9.17) is 4.53 Å². The fourth-order valence-corrected chi connectivity index (χ4v) is 7.04. The smallest absolute Gasteiger partial charge is 0.321 e. The Balaban J connectivity index is 1.88. The van der Waals surface area contributed by atoms with Gasteiger partial charge in [-0.3, -0.25) is 5.48 Å². The van der Waals surface area contributed by atoms with E-state index >= 15 is 0 Å². The Bertz CT molecular complexity index is 976. The van der Waals surface area contributed by atoms with Gasteiger partial charge in [-0.25, -0.2) is 0 Å². The van der Waals surface area contributed by atoms with Crippen LogP contribution >= 0.6 is 0 Å². The molecule has 4 rings (SSSR count). The zero-order chi connectivity index (χ0) is 20.1. The summed E-state index contributed by atoms with van der Waals surface area (Å²) in [5.74, 6) is -0.0900. The average molecular weight is 400 g/mol. The number of hydrogen-bond donors (Lipinski definition) is 3. The van der Waals surface area contributed by atoms with Crippen molar-refractivity contribution in [3.8, 4) is 11.5 Å². The summed E-state index contributed by atoms with van der Waals surface area (Å²) in [6.45, 7) is 0. The first-order chi connectivity index (χ1) is 14.2. The summed E-state index contributed by atoms with van der Waals surface area (Å²) >= 11 is 0. The highest BCUT2D eigenvalue weighted by atomic mass is 28.4. The second kappa shape index (κ2) is 8.22. The molecule has 0 bridgehead atoms. The van der Waals surface area contributed by atoms with E-state index in [0.29, 0.717) is 5.69 Å². The molecule has 0 aliphatic carbocycles. The third-order valence-electron chi connectivity index (χ3n) is 4.84. The van der Waals surface area contributed by atoms with Crippen LogP contribution in [0.25, 0.3) is 0 Å². The predicted octanol–water partition coefficient (Wildman–Crippen LogP) is 3.11. The number of benzene rings is 4. The fourth-order valence-electron chi connectivity index (χ4n) is 3.43. The summed E-state index contributed by atoms with van der Waals surface area (Å²) in [4.78, 5) is 0. The van der Waals surface area contributed by atoms with Crippen molar-refractivity contribution in [2.24, 2.45) is 0 Å². The number of hydrogen-bond acceptors (Lipinski definition) is 4. The Hall–Kier alpha value is -3.54. The van der Waals surface area contributed by atoms with Crippen molar-refractivity contribution in [1.29, 1.82) is 0 Å². The van der Waals surface area contributed by atoms with Gasteiger partial charge in [-0.05, 0) is 27.7 Å². The molecule has 4 nitrogen and oxygen atoms in total. The van der Waals surface area contributed by atoms with Crippen molar-refractivity contribution in [1.82, 2.24) is 0 Å². The third-order valence-corrected chi connectivity index (χ3v) is 8.68. The molecular weight excluding hydrogens is 378 g/mol. The minimum Gasteiger partial charge on any atom is -0.508 e. The Labute approximate surface area is 170 Å². The van der Waals surface area contributed by atoms with Crippen molar-refractivity contribution < 1.29 is 14.7 Å². The van der Waals surface area contributed by atoms with Crippen LogP contribution in [0.3, 0.4) is 0 Å². The lowest BCUT2D eigenvalue weighted by molar-refractivity contribution is 0.403. The Kier molecular flexibility index (Phi) is 5.33. The topological polar surface area (TPSA) is 61.7 Å². The summed E-state index contributed by atoms with van der Waals surface area (Å²) < 4.78 is 6.54. The molecular formula is C24H21NO3Si. The Morgan fingerprint density at radius 2 is 1.03 bits per heavy atom. The lowest BCUT2D eigenvalue weighted by Crippen LogP contribution is -2.70. The number of rotatable bonds is 6. The predicted molar refractivity (Wildman–Crippen MR) is 118 cm³/mol. The molecule has 0 unspecified atom stereocenters. The van der Waals surface area contributed by atoms with Gasteiger partial charge in [0.2, 0.25) is 0 Å². The monoisotopic (exact) mass is 399 g/mol. The van der Waals surface area contributed by atoms with Crippen LogP contribution in [0.4, 0.5) is 5.69 Å². The van der Waals surface area contributed by atoms with E-state index < -0.39 is 8.32 Å². The van der Waals surface area contributed by atoms with Gasteiger partial charge >= 0.3 is 8.32 Å². The zero-order valence-electron chi connectivity index (χ0n) is 15.7. The molecule has 0 atom stereocenters. The summed E-state index contributed by atoms with van der Waals surface area (Å²) in [7, 11) is -2.93. The van der Waals surface area contributed by atoms with E-state index in [-0.39, 0.29) is 11.5 Å². The van der Waals surface area contributed by atoms with Crippen molar-refractivity contribution >= 4 is 29.6 Å². The minimum atomic E-state index is -2.93. The normalized spacial score (nSPS) is 11.2. The van der Waals surface area contributed by atoms with Gasteiger partial charge in [0.15, 0.2) is 0 Å². The molecule has 0 aliphatic rings. The Morgan fingerprint density at radius 1 is 0.586 bits per heavy atom. The van der Waals surface area contributed by atoms with Crippen LogP contribution in [0.1, 0.15) is 0 Å². The molecule has 0 saturated carbocycles. The SMILES string of the molecule is Oc1ccc(NO[Si](c2ccccc2)(c2ccccc2)c2ccccc2)c(O)c1. The quantitative estimate of drug-likeness (QED) is 0.153. The fraction of sp³-hybridized carbons (Fsp3) is 0. The van der Waals surface area contributed by atoms with Crippen LogP contribution in [0.5, 0.6) is 11.5 Å². The maximum Gasteiger partial charge on any atom is 0.321 e. The highest BCUT2D eigenvalue weighted by Gasteiger charge is 2.43. The first kappa shape index (κ1) is 18.8. The van der Waals surface area contributed by atoms with E-state index in [1.165, 1.54) is 12.1 Å². The first-order valence-electron chi connectivity index (χ1n) is 9.33. The molecule has 0 radical (unpaired) electrons. The molecule has 0 amide bonds. The van der Waals surface area contributed by atoms with Crippen LogP contribution in [0.15, 0.2) is 109 Å². The van der Waals surface area contributed by atoms with Crippen LogP contribution in [0, 0.1) is 0 Å². The summed E-state index contributed by atoms with van der Waals surface area (Å²) in [6.07, 6.45) is 0. The third kappa shape index (κ3) is 3.74. The highest BCUT2D eigenvalue weighted by Crippen LogP contribution is 2.27. The molecule has 0 spiro atoms. The molecule has 5 heteroatoms. The first-order valence-corrected chi connectivity index (χ1v) is 11.2. The van der Waals surface area contributed by atoms with Crippen molar-refractivity contribution in [3.63, 3.8) is 0 Å². The van der Waals surface area contributed by atoms with Gasteiger partial charge in [0.05, 0.1) is 0 Å². The number of nitrogens with one attached hydrogen (secondary N) is 1. The van der Waals surface area contributed by atoms with Crippen LogP contribution in [-0.4, -0.2) is 18.5 Å². The Morgan fingerprint density at radius 3 is 1.45 bits per heavy atom. The van der Waals surface area contributed by atoms with Gasteiger partial charge in [-0.1, -0.05) is 91.0 Å². The summed E-state index contributed by atoms with van der Waals surface area (Å²) in [5.41, 5.74) is 3.37. The minimum absolute atomic E-state index is 0.00858. The number of anilines is 1. The van der Waals surface area contributed by atoms with Gasteiger partial charge in [-0.15, -0.1) is 0 Å². The number of phenolic OH excluding ortho intramolecular Hbond substituents is 2. The lowest BCUT2D eigenvalue weighted by atomic mass is 10.3. The van der Waals surface area contributed by atoms with E-state index in [0.717, 1.165) is 15.6 Å². The second-order valence-corrected chi connectivity index (χ2v) is 9.98. The molecule has 0 fully saturated rings. The summed E-state index contributed by atoms with van der Waals surface area (Å²) in [6, 6.07) is 34.8. The lowest BCUT2D eigenvalue weighted by Gasteiger charge is -2.32. The molecule has 29 heavy (non-hydrogen) atoms. The van der Waals surface area contributed by atoms with Gasteiger partial charge in [-0.2, -0.15) is 0 Å². The molecule has 3 N–H and O–H groups in total. The zero-order valence-corrected chi connectivity index (χ0v) is 16.7. The van der Waals surface area contributed by atoms with E-state index in [1.807, 2.05) is 54.6 Å². The highest BCUT2D eigenvalue weighted by molar-refractivity contribution is 7.07. The largest absolute Gasteiger partial charge is 0.508 e.